The Morgan fingerprint density at radius 1 is 1.29 bits per heavy atom. The third-order valence-electron chi connectivity index (χ3n) is 3.06. The van der Waals surface area contributed by atoms with Crippen LogP contribution < -0.4 is 0 Å². The number of aromatic nitrogens is 1. The Kier molecular flexibility index (Phi) is 4.37. The molecule has 0 unspecified atom stereocenters. The van der Waals surface area contributed by atoms with Crippen LogP contribution in [0.15, 0.2) is 34.9 Å². The molecule has 0 atom stereocenters. The van der Waals surface area contributed by atoms with E-state index in [4.69, 9.17) is 9.63 Å². The second kappa shape index (κ2) is 6.21. The zero-order chi connectivity index (χ0) is 15.4. The van der Waals surface area contributed by atoms with Crippen molar-refractivity contribution in [3.05, 3.63) is 41.7 Å². The van der Waals surface area contributed by atoms with E-state index in [1.807, 2.05) is 31.2 Å². The largest absolute Gasteiger partial charge is 0.480 e. The average Bonchev–Trinajstić information content (AvgIpc) is 2.94. The molecule has 0 aliphatic carbocycles. The summed E-state index contributed by atoms with van der Waals surface area (Å²) in [5.41, 5.74) is 2.51. The number of amides is 1. The van der Waals surface area contributed by atoms with Crippen LogP contribution in [-0.4, -0.2) is 40.1 Å². The highest BCUT2D eigenvalue weighted by Crippen LogP contribution is 2.20. The second-order valence-electron chi connectivity index (χ2n) is 4.66. The third kappa shape index (κ3) is 3.47. The number of likely N-dealkylation sites (N-methyl/N-ethyl adjacent to an activating group) is 1. The Labute approximate surface area is 122 Å². The number of rotatable bonds is 5. The van der Waals surface area contributed by atoms with Crippen LogP contribution in [-0.2, 0) is 4.79 Å². The lowest BCUT2D eigenvalue weighted by molar-refractivity contribution is -0.137. The molecule has 0 bridgehead atoms. The Bertz CT molecular complexity index is 646. The van der Waals surface area contributed by atoms with Crippen molar-refractivity contribution in [2.24, 2.45) is 0 Å². The number of carboxylic acids is 1. The molecule has 1 N–H and O–H groups in total. The maximum absolute atomic E-state index is 12.1. The molecular formula is C15H16N2O4. The Morgan fingerprint density at radius 2 is 1.95 bits per heavy atom. The lowest BCUT2D eigenvalue weighted by Gasteiger charge is -2.16. The van der Waals surface area contributed by atoms with Crippen molar-refractivity contribution in [3.63, 3.8) is 0 Å². The summed E-state index contributed by atoms with van der Waals surface area (Å²) in [6.45, 7) is 3.60. The number of nitrogens with zero attached hydrogens (tertiary/aromatic N) is 2. The van der Waals surface area contributed by atoms with Crippen LogP contribution in [0.1, 0.15) is 23.0 Å². The number of hydrogen-bond acceptors (Lipinski definition) is 4. The normalized spacial score (nSPS) is 10.4. The van der Waals surface area contributed by atoms with E-state index in [-0.39, 0.29) is 18.8 Å². The van der Waals surface area contributed by atoms with E-state index in [9.17, 15) is 9.59 Å². The summed E-state index contributed by atoms with van der Waals surface area (Å²) in [7, 11) is 0. The van der Waals surface area contributed by atoms with Crippen LogP contribution in [0.25, 0.3) is 11.3 Å². The molecule has 0 saturated heterocycles. The zero-order valence-electron chi connectivity index (χ0n) is 11.9. The summed E-state index contributed by atoms with van der Waals surface area (Å²) in [4.78, 5) is 24.0. The first-order valence-corrected chi connectivity index (χ1v) is 6.56. The van der Waals surface area contributed by atoms with Crippen molar-refractivity contribution < 1.29 is 19.2 Å². The fourth-order valence-electron chi connectivity index (χ4n) is 1.88. The molecule has 1 amide bonds. The highest BCUT2D eigenvalue weighted by atomic mass is 16.5. The summed E-state index contributed by atoms with van der Waals surface area (Å²) in [5, 5.41) is 12.6. The van der Waals surface area contributed by atoms with E-state index in [2.05, 4.69) is 5.16 Å². The quantitative estimate of drug-likeness (QED) is 0.911. The molecule has 1 heterocycles. The molecule has 0 aliphatic rings. The van der Waals surface area contributed by atoms with Gasteiger partial charge in [0.25, 0.3) is 5.91 Å². The van der Waals surface area contributed by atoms with Gasteiger partial charge in [-0.3, -0.25) is 9.59 Å². The summed E-state index contributed by atoms with van der Waals surface area (Å²) >= 11 is 0. The van der Waals surface area contributed by atoms with Gasteiger partial charge in [-0.05, 0) is 13.8 Å². The minimum absolute atomic E-state index is 0.0358. The predicted molar refractivity (Wildman–Crippen MR) is 75.9 cm³/mol. The minimum atomic E-state index is -1.07. The lowest BCUT2D eigenvalue weighted by atomic mass is 10.1. The molecule has 6 nitrogen and oxygen atoms in total. The van der Waals surface area contributed by atoms with Crippen molar-refractivity contribution in [1.29, 1.82) is 0 Å². The van der Waals surface area contributed by atoms with Gasteiger partial charge in [0, 0.05) is 18.2 Å². The van der Waals surface area contributed by atoms with Crippen LogP contribution in [0.4, 0.5) is 0 Å². The van der Waals surface area contributed by atoms with Crippen LogP contribution in [0.2, 0.25) is 0 Å². The van der Waals surface area contributed by atoms with Gasteiger partial charge < -0.3 is 14.5 Å². The number of aryl methyl sites for hydroxylation is 1. The maximum atomic E-state index is 12.1. The van der Waals surface area contributed by atoms with E-state index in [1.54, 1.807) is 6.92 Å². The van der Waals surface area contributed by atoms with Gasteiger partial charge in [-0.15, -0.1) is 0 Å². The molecule has 110 valence electrons. The molecule has 0 aliphatic heterocycles. The number of aliphatic carboxylic acids is 1. The first-order chi connectivity index (χ1) is 10.0. The third-order valence-corrected chi connectivity index (χ3v) is 3.06. The highest BCUT2D eigenvalue weighted by Gasteiger charge is 2.21. The predicted octanol–water partition coefficient (Wildman–Crippen LogP) is 2.20. The van der Waals surface area contributed by atoms with Crippen molar-refractivity contribution in [3.8, 4) is 11.3 Å². The highest BCUT2D eigenvalue weighted by molar-refractivity contribution is 5.94. The number of carboxylic acid groups (broad SMARTS) is 1. The fourth-order valence-corrected chi connectivity index (χ4v) is 1.88. The fraction of sp³-hybridized carbons (Fsp3) is 0.267. The first-order valence-electron chi connectivity index (χ1n) is 6.56. The van der Waals surface area contributed by atoms with Crippen molar-refractivity contribution >= 4 is 11.9 Å². The van der Waals surface area contributed by atoms with Gasteiger partial charge in [0.1, 0.15) is 12.2 Å². The molecular weight excluding hydrogens is 272 g/mol. The summed E-state index contributed by atoms with van der Waals surface area (Å²) in [6, 6.07) is 9.17. The van der Waals surface area contributed by atoms with E-state index in [1.165, 1.54) is 11.0 Å². The molecule has 21 heavy (non-hydrogen) atoms. The molecule has 1 aromatic carbocycles. The van der Waals surface area contributed by atoms with Crippen molar-refractivity contribution in [1.82, 2.24) is 10.1 Å². The monoisotopic (exact) mass is 288 g/mol. The van der Waals surface area contributed by atoms with Gasteiger partial charge in [0.2, 0.25) is 5.76 Å². The van der Waals surface area contributed by atoms with E-state index < -0.39 is 11.9 Å². The van der Waals surface area contributed by atoms with Crippen LogP contribution in [0, 0.1) is 6.92 Å². The summed E-state index contributed by atoms with van der Waals surface area (Å²) in [5.74, 6) is -1.51. The SMILES string of the molecule is CCN(CC(=O)O)C(=O)c1cc(-c2ccc(C)cc2)no1. The number of hydrogen-bond donors (Lipinski definition) is 1. The number of carbonyl (C=O) groups excluding carboxylic acids is 1. The van der Waals surface area contributed by atoms with Crippen molar-refractivity contribution in [2.75, 3.05) is 13.1 Å². The lowest BCUT2D eigenvalue weighted by Crippen LogP contribution is -2.35. The maximum Gasteiger partial charge on any atom is 0.323 e. The Hall–Kier alpha value is -2.63. The molecule has 2 rings (SSSR count). The van der Waals surface area contributed by atoms with Gasteiger partial charge in [0.15, 0.2) is 0 Å². The molecule has 6 heteroatoms. The van der Waals surface area contributed by atoms with Crippen LogP contribution in [0.3, 0.4) is 0 Å². The second-order valence-corrected chi connectivity index (χ2v) is 4.66. The first kappa shape index (κ1) is 14.8. The summed E-state index contributed by atoms with van der Waals surface area (Å²) < 4.78 is 5.04. The van der Waals surface area contributed by atoms with Gasteiger partial charge in [-0.1, -0.05) is 35.0 Å². The van der Waals surface area contributed by atoms with Crippen molar-refractivity contribution in [2.45, 2.75) is 13.8 Å². The van der Waals surface area contributed by atoms with Gasteiger partial charge >= 0.3 is 5.97 Å². The van der Waals surface area contributed by atoms with E-state index >= 15 is 0 Å². The number of benzene rings is 1. The Morgan fingerprint density at radius 3 is 2.52 bits per heavy atom. The summed E-state index contributed by atoms with van der Waals surface area (Å²) in [6.07, 6.45) is 0. The Balaban J connectivity index is 2.20. The standard InChI is InChI=1S/C15H16N2O4/c1-3-17(9-14(18)19)15(20)13-8-12(16-21-13)11-6-4-10(2)5-7-11/h4-8H,3,9H2,1-2H3,(H,18,19). The molecule has 0 radical (unpaired) electrons. The molecule has 0 saturated carbocycles. The van der Waals surface area contributed by atoms with Crippen LogP contribution in [0.5, 0.6) is 0 Å². The molecule has 2 aromatic rings. The van der Waals surface area contributed by atoms with Gasteiger partial charge in [-0.2, -0.15) is 0 Å². The van der Waals surface area contributed by atoms with E-state index in [0.717, 1.165) is 11.1 Å². The molecule has 1 aromatic heterocycles. The molecule has 0 fully saturated rings. The van der Waals surface area contributed by atoms with Gasteiger partial charge in [0.05, 0.1) is 0 Å². The minimum Gasteiger partial charge on any atom is -0.480 e. The van der Waals surface area contributed by atoms with E-state index in [0.29, 0.717) is 5.69 Å². The smallest absolute Gasteiger partial charge is 0.323 e. The average molecular weight is 288 g/mol. The van der Waals surface area contributed by atoms with Crippen LogP contribution >= 0.6 is 0 Å². The number of carbonyl (C=O) groups is 2. The van der Waals surface area contributed by atoms with Gasteiger partial charge in [-0.25, -0.2) is 0 Å². The topological polar surface area (TPSA) is 83.6 Å². The zero-order valence-corrected chi connectivity index (χ0v) is 11.9. The molecule has 0 spiro atoms.